The summed E-state index contributed by atoms with van der Waals surface area (Å²) in [6.45, 7) is 10.1. The fourth-order valence-electron chi connectivity index (χ4n) is 2.69. The zero-order chi connectivity index (χ0) is 12.7. The second kappa shape index (κ2) is 3.73. The Morgan fingerprint density at radius 2 is 2.00 bits per heavy atom. The maximum atomic E-state index is 8.95. The highest BCUT2D eigenvalue weighted by molar-refractivity contribution is 5.53. The van der Waals surface area contributed by atoms with Gasteiger partial charge in [0.2, 0.25) is 0 Å². The fourth-order valence-corrected chi connectivity index (χ4v) is 2.69. The number of rotatable bonds is 3. The molecule has 0 unspecified atom stereocenters. The predicted molar refractivity (Wildman–Crippen MR) is 68.5 cm³/mol. The zero-order valence-corrected chi connectivity index (χ0v) is 10.9. The minimum absolute atomic E-state index is 0.370. The van der Waals surface area contributed by atoms with E-state index < -0.39 is 0 Å². The first-order valence-electron chi connectivity index (χ1n) is 6.00. The van der Waals surface area contributed by atoms with Gasteiger partial charge in [-0.3, -0.25) is 0 Å². The number of nitriles is 1. The van der Waals surface area contributed by atoms with Crippen LogP contribution in [0.1, 0.15) is 33.4 Å². The van der Waals surface area contributed by atoms with E-state index in [0.717, 1.165) is 12.2 Å². The van der Waals surface area contributed by atoms with E-state index >= 15 is 0 Å². The van der Waals surface area contributed by atoms with Crippen LogP contribution in [0.3, 0.4) is 0 Å². The molecule has 1 aromatic heterocycles. The molecule has 0 amide bonds. The van der Waals surface area contributed by atoms with Crippen molar-refractivity contribution in [1.82, 2.24) is 4.98 Å². The van der Waals surface area contributed by atoms with Gasteiger partial charge in [0, 0.05) is 12.7 Å². The monoisotopic (exact) mass is 229 g/mol. The summed E-state index contributed by atoms with van der Waals surface area (Å²) in [6, 6.07) is 5.87. The first kappa shape index (κ1) is 11.9. The molecule has 0 spiro atoms. The van der Waals surface area contributed by atoms with Crippen molar-refractivity contribution >= 4 is 5.69 Å². The van der Waals surface area contributed by atoms with Gasteiger partial charge < -0.3 is 5.32 Å². The lowest BCUT2D eigenvalue weighted by molar-refractivity contribution is 0.457. The molecule has 3 nitrogen and oxygen atoms in total. The SMILES string of the molecule is CC1(C)C(CNc2cccnc2C#N)C1(C)C. The Hall–Kier alpha value is -1.56. The highest BCUT2D eigenvalue weighted by Gasteiger charge is 2.64. The number of hydrogen-bond acceptors (Lipinski definition) is 3. The molecule has 1 saturated carbocycles. The molecule has 1 aliphatic carbocycles. The molecule has 2 rings (SSSR count). The average Bonchev–Trinajstić information content (AvgIpc) is 2.67. The molecule has 0 bridgehead atoms. The lowest BCUT2D eigenvalue weighted by atomic mass is 10.0. The molecule has 90 valence electrons. The van der Waals surface area contributed by atoms with E-state index in [4.69, 9.17) is 5.26 Å². The topological polar surface area (TPSA) is 48.7 Å². The van der Waals surface area contributed by atoms with Gasteiger partial charge in [0.05, 0.1) is 5.69 Å². The first-order chi connectivity index (χ1) is 7.91. The van der Waals surface area contributed by atoms with Crippen molar-refractivity contribution in [3.63, 3.8) is 0 Å². The molecule has 17 heavy (non-hydrogen) atoms. The number of pyridine rings is 1. The van der Waals surface area contributed by atoms with Crippen LogP contribution in [-0.4, -0.2) is 11.5 Å². The van der Waals surface area contributed by atoms with Gasteiger partial charge >= 0.3 is 0 Å². The quantitative estimate of drug-likeness (QED) is 0.866. The Balaban J connectivity index is 2.04. The molecular weight excluding hydrogens is 210 g/mol. The Bertz CT molecular complexity index is 455. The van der Waals surface area contributed by atoms with Crippen LogP contribution in [-0.2, 0) is 0 Å². The van der Waals surface area contributed by atoms with Crippen LogP contribution in [0.25, 0.3) is 0 Å². The van der Waals surface area contributed by atoms with Crippen LogP contribution >= 0.6 is 0 Å². The van der Waals surface area contributed by atoms with E-state index in [-0.39, 0.29) is 0 Å². The van der Waals surface area contributed by atoms with Crippen LogP contribution in [0.15, 0.2) is 18.3 Å². The molecule has 0 saturated heterocycles. The van der Waals surface area contributed by atoms with Crippen LogP contribution in [0.5, 0.6) is 0 Å². The van der Waals surface area contributed by atoms with Gasteiger partial charge in [0.15, 0.2) is 5.69 Å². The molecular formula is C14H19N3. The lowest BCUT2D eigenvalue weighted by Gasteiger charge is -2.08. The lowest BCUT2D eigenvalue weighted by Crippen LogP contribution is -2.09. The third kappa shape index (κ3) is 1.78. The van der Waals surface area contributed by atoms with Gasteiger partial charge in [-0.2, -0.15) is 5.26 Å². The third-order valence-corrected chi connectivity index (χ3v) is 4.73. The summed E-state index contributed by atoms with van der Waals surface area (Å²) in [7, 11) is 0. The second-order valence-corrected chi connectivity index (χ2v) is 5.89. The zero-order valence-electron chi connectivity index (χ0n) is 10.9. The van der Waals surface area contributed by atoms with Crippen LogP contribution in [0.2, 0.25) is 0 Å². The van der Waals surface area contributed by atoms with Crippen molar-refractivity contribution in [2.24, 2.45) is 16.7 Å². The molecule has 1 heterocycles. The van der Waals surface area contributed by atoms with Crippen molar-refractivity contribution in [3.05, 3.63) is 24.0 Å². The Kier molecular flexibility index (Phi) is 2.61. The summed E-state index contributed by atoms with van der Waals surface area (Å²) in [5, 5.41) is 12.3. The predicted octanol–water partition coefficient (Wildman–Crippen LogP) is 3.05. The molecule has 3 heteroatoms. The summed E-state index contributed by atoms with van der Waals surface area (Å²) >= 11 is 0. The molecule has 0 aromatic carbocycles. The summed E-state index contributed by atoms with van der Waals surface area (Å²) in [5.41, 5.74) is 2.06. The molecule has 1 N–H and O–H groups in total. The van der Waals surface area contributed by atoms with Gasteiger partial charge in [0.1, 0.15) is 6.07 Å². The van der Waals surface area contributed by atoms with Gasteiger partial charge in [-0.05, 0) is 28.9 Å². The van der Waals surface area contributed by atoms with Gasteiger partial charge in [0.25, 0.3) is 0 Å². The molecule has 1 fully saturated rings. The third-order valence-electron chi connectivity index (χ3n) is 4.73. The standard InChI is InChI=1S/C14H19N3/c1-13(2)12(14(13,3)4)9-17-10-6-5-7-16-11(10)8-15/h5-7,12,17H,9H2,1-4H3. The number of aromatic nitrogens is 1. The largest absolute Gasteiger partial charge is 0.382 e. The normalized spacial score (nSPS) is 20.6. The fraction of sp³-hybridized carbons (Fsp3) is 0.571. The van der Waals surface area contributed by atoms with E-state index in [1.807, 2.05) is 12.1 Å². The van der Waals surface area contributed by atoms with Crippen LogP contribution in [0, 0.1) is 28.1 Å². The highest BCUT2D eigenvalue weighted by atomic mass is 14.9. The van der Waals surface area contributed by atoms with Crippen molar-refractivity contribution in [1.29, 1.82) is 5.26 Å². The summed E-state index contributed by atoms with van der Waals surface area (Å²) in [5.74, 6) is 0.641. The summed E-state index contributed by atoms with van der Waals surface area (Å²) in [6.07, 6.45) is 1.65. The molecule has 0 radical (unpaired) electrons. The Morgan fingerprint density at radius 3 is 2.53 bits per heavy atom. The van der Waals surface area contributed by atoms with E-state index in [0.29, 0.717) is 22.4 Å². The Morgan fingerprint density at radius 1 is 1.35 bits per heavy atom. The maximum absolute atomic E-state index is 8.95. The molecule has 1 aromatic rings. The molecule has 1 aliphatic rings. The van der Waals surface area contributed by atoms with Gasteiger partial charge in [-0.25, -0.2) is 4.98 Å². The summed E-state index contributed by atoms with van der Waals surface area (Å²) in [4.78, 5) is 4.04. The van der Waals surface area contributed by atoms with Gasteiger partial charge in [-0.1, -0.05) is 27.7 Å². The van der Waals surface area contributed by atoms with E-state index in [2.05, 4.69) is 44.1 Å². The average molecular weight is 229 g/mol. The van der Waals surface area contributed by atoms with E-state index in [1.165, 1.54) is 0 Å². The van der Waals surface area contributed by atoms with E-state index in [9.17, 15) is 0 Å². The Labute approximate surface area is 103 Å². The minimum Gasteiger partial charge on any atom is -0.382 e. The number of nitrogens with zero attached hydrogens (tertiary/aromatic N) is 2. The number of anilines is 1. The van der Waals surface area contributed by atoms with Gasteiger partial charge in [-0.15, -0.1) is 0 Å². The molecule has 0 atom stereocenters. The van der Waals surface area contributed by atoms with Crippen molar-refractivity contribution < 1.29 is 0 Å². The highest BCUT2D eigenvalue weighted by Crippen LogP contribution is 2.68. The van der Waals surface area contributed by atoms with Crippen molar-refractivity contribution in [2.75, 3.05) is 11.9 Å². The molecule has 0 aliphatic heterocycles. The smallest absolute Gasteiger partial charge is 0.163 e. The van der Waals surface area contributed by atoms with Crippen LogP contribution < -0.4 is 5.32 Å². The first-order valence-corrected chi connectivity index (χ1v) is 6.00. The van der Waals surface area contributed by atoms with Crippen molar-refractivity contribution in [2.45, 2.75) is 27.7 Å². The minimum atomic E-state index is 0.370. The number of hydrogen-bond donors (Lipinski definition) is 1. The second-order valence-electron chi connectivity index (χ2n) is 5.89. The van der Waals surface area contributed by atoms with Crippen LogP contribution in [0.4, 0.5) is 5.69 Å². The summed E-state index contributed by atoms with van der Waals surface area (Å²) < 4.78 is 0. The van der Waals surface area contributed by atoms with Crippen molar-refractivity contribution in [3.8, 4) is 6.07 Å². The number of nitrogens with one attached hydrogen (secondary N) is 1. The maximum Gasteiger partial charge on any atom is 0.163 e. The van der Waals surface area contributed by atoms with E-state index in [1.54, 1.807) is 6.20 Å².